The van der Waals surface area contributed by atoms with Crippen LogP contribution in [0.15, 0.2) is 58.1 Å². The van der Waals surface area contributed by atoms with Crippen molar-refractivity contribution in [3.63, 3.8) is 0 Å². The molecular weight excluding hydrogens is 488 g/mol. The summed E-state index contributed by atoms with van der Waals surface area (Å²) < 4.78 is 11.0. The van der Waals surface area contributed by atoms with Crippen LogP contribution in [0.25, 0.3) is 0 Å². The molecule has 1 saturated heterocycles. The highest BCUT2D eigenvalue weighted by atomic mass is 16.7. The van der Waals surface area contributed by atoms with E-state index in [2.05, 4.69) is 39.2 Å². The first-order valence-electron chi connectivity index (χ1n) is 12.8. The number of likely N-dealkylation sites (tertiary alicyclic amines) is 1. The SMILES string of the molecule is COc1cc2c(cc1O)[C@H]1C(C)=NO[C@H]1N(Cc1ccc([N+](=O)[O-])o1)[C@@H]2c1ccc(CN2CCCC2)cc1. The number of phenols is 1. The summed E-state index contributed by atoms with van der Waals surface area (Å²) in [7, 11) is 1.53. The van der Waals surface area contributed by atoms with Gasteiger partial charge < -0.3 is 19.1 Å². The number of methoxy groups -OCH3 is 1. The van der Waals surface area contributed by atoms with Gasteiger partial charge in [0.2, 0.25) is 0 Å². The van der Waals surface area contributed by atoms with Crippen molar-refractivity contribution >= 4 is 11.6 Å². The molecule has 0 amide bonds. The predicted octanol–water partition coefficient (Wildman–Crippen LogP) is 4.92. The summed E-state index contributed by atoms with van der Waals surface area (Å²) in [5.41, 5.74) is 4.93. The number of oxime groups is 1. The number of nitro groups is 1. The maximum Gasteiger partial charge on any atom is 0.433 e. The first kappa shape index (κ1) is 24.4. The minimum absolute atomic E-state index is 0.0551. The van der Waals surface area contributed by atoms with Crippen LogP contribution in [0.2, 0.25) is 0 Å². The number of phenolic OH excluding ortho intramolecular Hbond substituents is 1. The van der Waals surface area contributed by atoms with Gasteiger partial charge in [-0.25, -0.2) is 4.90 Å². The molecule has 3 aromatic rings. The van der Waals surface area contributed by atoms with Crippen LogP contribution < -0.4 is 4.74 Å². The minimum atomic E-state index is -0.540. The summed E-state index contributed by atoms with van der Waals surface area (Å²) in [4.78, 5) is 21.2. The number of ether oxygens (including phenoxy) is 1. The Morgan fingerprint density at radius 1 is 1.11 bits per heavy atom. The molecule has 10 nitrogen and oxygen atoms in total. The van der Waals surface area contributed by atoms with Crippen molar-refractivity contribution in [2.75, 3.05) is 20.2 Å². The Morgan fingerprint density at radius 2 is 1.87 bits per heavy atom. The zero-order chi connectivity index (χ0) is 26.4. The highest BCUT2D eigenvalue weighted by Gasteiger charge is 2.48. The molecule has 1 N–H and O–H groups in total. The van der Waals surface area contributed by atoms with Crippen LogP contribution in [0, 0.1) is 10.1 Å². The molecule has 1 aromatic heterocycles. The Morgan fingerprint density at radius 3 is 2.55 bits per heavy atom. The van der Waals surface area contributed by atoms with Crippen molar-refractivity contribution in [3.05, 3.63) is 86.7 Å². The van der Waals surface area contributed by atoms with Gasteiger partial charge in [0.15, 0.2) is 17.7 Å². The number of furan rings is 1. The Hall–Kier alpha value is -3.89. The van der Waals surface area contributed by atoms with Gasteiger partial charge in [0, 0.05) is 6.54 Å². The van der Waals surface area contributed by atoms with E-state index in [1.54, 1.807) is 12.1 Å². The van der Waals surface area contributed by atoms with Gasteiger partial charge in [-0.05, 0) is 73.3 Å². The number of benzene rings is 2. The van der Waals surface area contributed by atoms with E-state index in [0.29, 0.717) is 11.5 Å². The summed E-state index contributed by atoms with van der Waals surface area (Å²) in [6.07, 6.45) is 2.01. The lowest BCUT2D eigenvalue weighted by atomic mass is 9.79. The van der Waals surface area contributed by atoms with Crippen molar-refractivity contribution in [2.45, 2.75) is 51.0 Å². The Balaban J connectivity index is 1.43. The molecule has 6 rings (SSSR count). The zero-order valence-electron chi connectivity index (χ0n) is 21.4. The quantitative estimate of drug-likeness (QED) is 0.346. The Bertz CT molecular complexity index is 1380. The smallest absolute Gasteiger partial charge is 0.433 e. The molecule has 3 atom stereocenters. The lowest BCUT2D eigenvalue weighted by Gasteiger charge is -2.43. The molecule has 0 radical (unpaired) electrons. The lowest BCUT2D eigenvalue weighted by molar-refractivity contribution is -0.402. The van der Waals surface area contributed by atoms with Gasteiger partial charge in [-0.3, -0.25) is 15.0 Å². The van der Waals surface area contributed by atoms with Crippen LogP contribution in [0.5, 0.6) is 11.5 Å². The predicted molar refractivity (Wildman–Crippen MR) is 139 cm³/mol. The third-order valence-electron chi connectivity index (χ3n) is 7.78. The number of fused-ring (bicyclic) bond motifs is 3. The molecule has 0 bridgehead atoms. The van der Waals surface area contributed by atoms with Crippen LogP contribution in [0.1, 0.15) is 59.7 Å². The molecule has 1 fully saturated rings. The van der Waals surface area contributed by atoms with Gasteiger partial charge in [0.05, 0.1) is 37.4 Å². The zero-order valence-corrected chi connectivity index (χ0v) is 21.4. The fourth-order valence-corrected chi connectivity index (χ4v) is 5.97. The summed E-state index contributed by atoms with van der Waals surface area (Å²) in [6.45, 7) is 5.34. The van der Waals surface area contributed by atoms with E-state index >= 15 is 0 Å². The highest BCUT2D eigenvalue weighted by Crippen LogP contribution is 2.50. The van der Waals surface area contributed by atoms with Gasteiger partial charge in [0.1, 0.15) is 10.7 Å². The monoisotopic (exact) mass is 518 g/mol. The summed E-state index contributed by atoms with van der Waals surface area (Å²) in [5.74, 6) is 0.355. The Labute approximate surface area is 220 Å². The second-order valence-corrected chi connectivity index (χ2v) is 10.2. The van der Waals surface area contributed by atoms with Gasteiger partial charge in [-0.1, -0.05) is 29.4 Å². The second kappa shape index (κ2) is 9.77. The largest absolute Gasteiger partial charge is 0.504 e. The number of hydrogen-bond acceptors (Lipinski definition) is 9. The number of aromatic hydroxyl groups is 1. The number of hydrogen-bond donors (Lipinski definition) is 1. The fraction of sp³-hybridized carbons (Fsp3) is 0.393. The number of nitrogens with zero attached hydrogens (tertiary/aromatic N) is 4. The summed E-state index contributed by atoms with van der Waals surface area (Å²) in [6, 6.07) is 14.9. The van der Waals surface area contributed by atoms with Crippen molar-refractivity contribution < 1.29 is 24.0 Å². The molecule has 3 aliphatic heterocycles. The maximum absolute atomic E-state index is 11.3. The molecular formula is C28H30N4O6. The third kappa shape index (κ3) is 4.29. The second-order valence-electron chi connectivity index (χ2n) is 10.2. The molecule has 0 spiro atoms. The van der Waals surface area contributed by atoms with Crippen LogP contribution >= 0.6 is 0 Å². The van der Waals surface area contributed by atoms with Gasteiger partial charge in [-0.15, -0.1) is 0 Å². The van der Waals surface area contributed by atoms with Crippen LogP contribution in [-0.4, -0.2) is 52.0 Å². The standard InChI is InChI=1S/C28H30N4O6/c1-17-26-21-13-23(33)24(36-2)14-22(21)27(19-7-5-18(6-8-19)15-30-11-3-4-12-30)31(28(26)38-29-17)16-20-9-10-25(37-20)32(34)35/h5-10,13-14,26-28,33H,3-4,11-12,15-16H2,1-2H3/t26-,27-,28-/m1/s1. The van der Waals surface area contributed by atoms with E-state index in [4.69, 9.17) is 14.0 Å². The fourth-order valence-electron chi connectivity index (χ4n) is 5.97. The van der Waals surface area contributed by atoms with E-state index in [0.717, 1.165) is 42.0 Å². The van der Waals surface area contributed by atoms with Crippen LogP contribution in [0.3, 0.4) is 0 Å². The van der Waals surface area contributed by atoms with Crippen LogP contribution in [0.4, 0.5) is 5.88 Å². The lowest BCUT2D eigenvalue weighted by Crippen LogP contribution is -2.46. The number of rotatable bonds is 7. The van der Waals surface area contributed by atoms with Crippen molar-refractivity contribution in [1.29, 1.82) is 0 Å². The molecule has 2 aromatic carbocycles. The normalized spacial score (nSPS) is 23.0. The van der Waals surface area contributed by atoms with E-state index in [-0.39, 0.29) is 30.1 Å². The molecule has 4 heterocycles. The molecule has 10 heteroatoms. The first-order valence-corrected chi connectivity index (χ1v) is 12.8. The molecule has 0 aliphatic carbocycles. The van der Waals surface area contributed by atoms with E-state index < -0.39 is 11.2 Å². The molecule has 0 unspecified atom stereocenters. The van der Waals surface area contributed by atoms with E-state index in [1.807, 2.05) is 13.0 Å². The average molecular weight is 519 g/mol. The molecule has 0 saturated carbocycles. The van der Waals surface area contributed by atoms with E-state index in [1.165, 1.54) is 31.6 Å². The van der Waals surface area contributed by atoms with Gasteiger partial charge >= 0.3 is 5.88 Å². The van der Waals surface area contributed by atoms with Gasteiger partial charge in [0.25, 0.3) is 0 Å². The Kier molecular flexibility index (Phi) is 6.29. The molecule has 3 aliphatic rings. The van der Waals surface area contributed by atoms with E-state index in [9.17, 15) is 15.2 Å². The van der Waals surface area contributed by atoms with Crippen LogP contribution in [-0.2, 0) is 17.9 Å². The summed E-state index contributed by atoms with van der Waals surface area (Å²) >= 11 is 0. The maximum atomic E-state index is 11.3. The minimum Gasteiger partial charge on any atom is -0.504 e. The third-order valence-corrected chi connectivity index (χ3v) is 7.78. The topological polar surface area (TPSA) is 114 Å². The molecule has 198 valence electrons. The van der Waals surface area contributed by atoms with Crippen molar-refractivity contribution in [1.82, 2.24) is 9.80 Å². The van der Waals surface area contributed by atoms with Gasteiger partial charge in [-0.2, -0.15) is 0 Å². The summed E-state index contributed by atoms with van der Waals surface area (Å²) in [5, 5.41) is 26.2. The van der Waals surface area contributed by atoms with Crippen molar-refractivity contribution in [2.24, 2.45) is 5.16 Å². The highest BCUT2D eigenvalue weighted by molar-refractivity contribution is 5.91. The molecule has 38 heavy (non-hydrogen) atoms. The average Bonchev–Trinajstić information content (AvgIpc) is 3.67. The van der Waals surface area contributed by atoms with Crippen molar-refractivity contribution in [3.8, 4) is 11.5 Å². The first-order chi connectivity index (χ1) is 18.4.